The van der Waals surface area contributed by atoms with Crippen molar-refractivity contribution in [2.75, 3.05) is 5.32 Å². The molecular weight excluding hydrogens is 214 g/mol. The minimum Gasteiger partial charge on any atom is -0.481 e. The third-order valence-corrected chi connectivity index (χ3v) is 3.39. The summed E-state index contributed by atoms with van der Waals surface area (Å²) < 4.78 is 0. The summed E-state index contributed by atoms with van der Waals surface area (Å²) in [4.78, 5) is 10.7. The summed E-state index contributed by atoms with van der Waals surface area (Å²) in [5.74, 6) is -0.818. The van der Waals surface area contributed by atoms with Crippen LogP contribution in [-0.4, -0.2) is 27.3 Å². The molecule has 1 aromatic rings. The molecule has 2 rings (SSSR count). The Bertz CT molecular complexity index is 320. The van der Waals surface area contributed by atoms with Gasteiger partial charge in [0.2, 0.25) is 5.13 Å². The molecule has 0 amide bonds. The first-order chi connectivity index (χ1) is 7.25. The SMILES string of the molecule is O=C(O)C1CCC(Nc2nncs2)CC1. The van der Waals surface area contributed by atoms with Crippen LogP contribution < -0.4 is 5.32 Å². The zero-order valence-electron chi connectivity index (χ0n) is 8.22. The van der Waals surface area contributed by atoms with Gasteiger partial charge in [-0.05, 0) is 25.7 Å². The van der Waals surface area contributed by atoms with Crippen LogP contribution >= 0.6 is 11.3 Å². The Morgan fingerprint density at radius 2 is 2.20 bits per heavy atom. The number of hydrogen-bond donors (Lipinski definition) is 2. The van der Waals surface area contributed by atoms with Crippen LogP contribution in [0.2, 0.25) is 0 Å². The maximum absolute atomic E-state index is 10.7. The Hall–Kier alpha value is -1.17. The molecule has 1 heterocycles. The number of nitrogens with one attached hydrogen (secondary N) is 1. The number of anilines is 1. The molecule has 1 fully saturated rings. The molecule has 0 bridgehead atoms. The Kier molecular flexibility index (Phi) is 3.15. The number of aromatic nitrogens is 2. The van der Waals surface area contributed by atoms with E-state index in [1.165, 1.54) is 11.3 Å². The molecule has 1 aliphatic rings. The van der Waals surface area contributed by atoms with Gasteiger partial charge in [0.25, 0.3) is 0 Å². The second kappa shape index (κ2) is 4.57. The number of hydrogen-bond acceptors (Lipinski definition) is 5. The Morgan fingerprint density at radius 3 is 2.73 bits per heavy atom. The van der Waals surface area contributed by atoms with E-state index in [0.29, 0.717) is 6.04 Å². The van der Waals surface area contributed by atoms with Gasteiger partial charge in [0, 0.05) is 6.04 Å². The fourth-order valence-electron chi connectivity index (χ4n) is 1.90. The smallest absolute Gasteiger partial charge is 0.306 e. The molecule has 0 atom stereocenters. The maximum atomic E-state index is 10.7. The first kappa shape index (κ1) is 10.4. The average molecular weight is 227 g/mol. The highest BCUT2D eigenvalue weighted by Gasteiger charge is 2.25. The molecule has 1 aromatic heterocycles. The number of carbonyl (C=O) groups is 1. The number of rotatable bonds is 3. The van der Waals surface area contributed by atoms with Gasteiger partial charge in [0.15, 0.2) is 0 Å². The summed E-state index contributed by atoms with van der Waals surface area (Å²) in [7, 11) is 0. The van der Waals surface area contributed by atoms with Gasteiger partial charge in [-0.15, -0.1) is 10.2 Å². The molecule has 0 aliphatic heterocycles. The van der Waals surface area contributed by atoms with E-state index in [-0.39, 0.29) is 5.92 Å². The van der Waals surface area contributed by atoms with E-state index in [1.54, 1.807) is 5.51 Å². The fourth-order valence-corrected chi connectivity index (χ4v) is 2.42. The Labute approximate surface area is 91.5 Å². The molecule has 2 N–H and O–H groups in total. The van der Waals surface area contributed by atoms with E-state index >= 15 is 0 Å². The zero-order chi connectivity index (χ0) is 10.7. The topological polar surface area (TPSA) is 75.1 Å². The summed E-state index contributed by atoms with van der Waals surface area (Å²) in [5.41, 5.74) is 1.69. The molecule has 1 saturated carbocycles. The summed E-state index contributed by atoms with van der Waals surface area (Å²) in [6.45, 7) is 0. The van der Waals surface area contributed by atoms with Crippen molar-refractivity contribution in [2.24, 2.45) is 5.92 Å². The lowest BCUT2D eigenvalue weighted by molar-refractivity contribution is -0.142. The zero-order valence-corrected chi connectivity index (χ0v) is 9.04. The van der Waals surface area contributed by atoms with Gasteiger partial charge in [-0.2, -0.15) is 0 Å². The number of carboxylic acid groups (broad SMARTS) is 1. The van der Waals surface area contributed by atoms with Crippen LogP contribution in [0.15, 0.2) is 5.51 Å². The lowest BCUT2D eigenvalue weighted by atomic mass is 9.86. The van der Waals surface area contributed by atoms with Gasteiger partial charge in [0.05, 0.1) is 5.92 Å². The van der Waals surface area contributed by atoms with Gasteiger partial charge < -0.3 is 10.4 Å². The molecule has 0 saturated heterocycles. The number of aliphatic carboxylic acids is 1. The highest BCUT2D eigenvalue weighted by molar-refractivity contribution is 7.13. The van der Waals surface area contributed by atoms with Gasteiger partial charge in [-0.3, -0.25) is 4.79 Å². The second-order valence-electron chi connectivity index (χ2n) is 3.78. The minimum atomic E-state index is -0.663. The highest BCUT2D eigenvalue weighted by atomic mass is 32.1. The van der Waals surface area contributed by atoms with Crippen LogP contribution in [0.1, 0.15) is 25.7 Å². The standard InChI is InChI=1S/C9H13N3O2S/c13-8(14)6-1-3-7(4-2-6)11-9-12-10-5-15-9/h5-7H,1-4H2,(H,11,12)(H,13,14). The van der Waals surface area contributed by atoms with Crippen molar-refractivity contribution >= 4 is 22.4 Å². The third kappa shape index (κ3) is 2.65. The van der Waals surface area contributed by atoms with E-state index in [9.17, 15) is 4.79 Å². The molecule has 0 aromatic carbocycles. The van der Waals surface area contributed by atoms with E-state index in [2.05, 4.69) is 15.5 Å². The first-order valence-corrected chi connectivity index (χ1v) is 5.89. The maximum Gasteiger partial charge on any atom is 0.306 e. The Morgan fingerprint density at radius 1 is 1.47 bits per heavy atom. The number of nitrogens with zero attached hydrogens (tertiary/aromatic N) is 2. The largest absolute Gasteiger partial charge is 0.481 e. The fraction of sp³-hybridized carbons (Fsp3) is 0.667. The van der Waals surface area contributed by atoms with E-state index in [4.69, 9.17) is 5.11 Å². The van der Waals surface area contributed by atoms with Crippen molar-refractivity contribution < 1.29 is 9.90 Å². The molecule has 15 heavy (non-hydrogen) atoms. The summed E-state index contributed by atoms with van der Waals surface area (Å²) in [6.07, 6.45) is 3.31. The lowest BCUT2D eigenvalue weighted by Gasteiger charge is -2.26. The molecule has 6 heteroatoms. The van der Waals surface area contributed by atoms with Crippen LogP contribution in [0.5, 0.6) is 0 Å². The summed E-state index contributed by atoms with van der Waals surface area (Å²) in [6, 6.07) is 0.355. The van der Waals surface area contributed by atoms with Crippen molar-refractivity contribution in [3.05, 3.63) is 5.51 Å². The predicted molar refractivity (Wildman–Crippen MR) is 56.9 cm³/mol. The van der Waals surface area contributed by atoms with Crippen LogP contribution in [0.4, 0.5) is 5.13 Å². The molecule has 5 nitrogen and oxygen atoms in total. The van der Waals surface area contributed by atoms with Crippen molar-refractivity contribution in [3.63, 3.8) is 0 Å². The highest BCUT2D eigenvalue weighted by Crippen LogP contribution is 2.26. The van der Waals surface area contributed by atoms with Crippen LogP contribution in [0, 0.1) is 5.92 Å². The van der Waals surface area contributed by atoms with Crippen molar-refractivity contribution in [3.8, 4) is 0 Å². The van der Waals surface area contributed by atoms with Crippen molar-refractivity contribution in [1.29, 1.82) is 0 Å². The monoisotopic (exact) mass is 227 g/mol. The summed E-state index contributed by atoms with van der Waals surface area (Å²) >= 11 is 1.47. The van der Waals surface area contributed by atoms with E-state index < -0.39 is 5.97 Å². The average Bonchev–Trinajstić information content (AvgIpc) is 2.71. The third-order valence-electron chi connectivity index (χ3n) is 2.76. The molecule has 0 unspecified atom stereocenters. The first-order valence-electron chi connectivity index (χ1n) is 5.01. The molecule has 0 radical (unpaired) electrons. The normalized spacial score (nSPS) is 26.1. The van der Waals surface area contributed by atoms with Gasteiger partial charge in [-0.1, -0.05) is 11.3 Å². The lowest BCUT2D eigenvalue weighted by Crippen LogP contribution is -2.29. The molecular formula is C9H13N3O2S. The van der Waals surface area contributed by atoms with Crippen molar-refractivity contribution in [1.82, 2.24) is 10.2 Å². The van der Waals surface area contributed by atoms with Crippen molar-refractivity contribution in [2.45, 2.75) is 31.7 Å². The van der Waals surface area contributed by atoms with Crippen LogP contribution in [0.25, 0.3) is 0 Å². The van der Waals surface area contributed by atoms with Crippen LogP contribution in [0.3, 0.4) is 0 Å². The minimum absolute atomic E-state index is 0.155. The Balaban J connectivity index is 1.81. The quantitative estimate of drug-likeness (QED) is 0.820. The summed E-state index contributed by atoms with van der Waals surface area (Å²) in [5, 5.41) is 20.6. The van der Waals surface area contributed by atoms with Gasteiger partial charge >= 0.3 is 5.97 Å². The molecule has 82 valence electrons. The molecule has 1 aliphatic carbocycles. The van der Waals surface area contributed by atoms with Gasteiger partial charge in [0.1, 0.15) is 5.51 Å². The van der Waals surface area contributed by atoms with E-state index in [0.717, 1.165) is 30.8 Å². The number of carboxylic acids is 1. The van der Waals surface area contributed by atoms with E-state index in [1.807, 2.05) is 0 Å². The van der Waals surface area contributed by atoms with Crippen LogP contribution in [-0.2, 0) is 4.79 Å². The molecule has 0 spiro atoms. The second-order valence-corrected chi connectivity index (χ2v) is 4.61. The van der Waals surface area contributed by atoms with Gasteiger partial charge in [-0.25, -0.2) is 0 Å². The predicted octanol–water partition coefficient (Wildman–Crippen LogP) is 1.59.